The smallest absolute Gasteiger partial charge is 0.251 e. The molecule has 1 unspecified atom stereocenters. The fourth-order valence-corrected chi connectivity index (χ4v) is 3.68. The van der Waals surface area contributed by atoms with Crippen molar-refractivity contribution in [2.45, 2.75) is 12.6 Å². The first-order valence-electron chi connectivity index (χ1n) is 10.8. The van der Waals surface area contributed by atoms with Crippen molar-refractivity contribution in [2.75, 3.05) is 27.7 Å². The van der Waals surface area contributed by atoms with Gasteiger partial charge < -0.3 is 24.1 Å². The maximum atomic E-state index is 12.8. The van der Waals surface area contributed by atoms with Gasteiger partial charge in [0.05, 0.1) is 18.8 Å². The highest BCUT2D eigenvalue weighted by molar-refractivity contribution is 5.94. The number of carbonyl (C=O) groups is 1. The molecule has 1 N–H and O–H groups in total. The van der Waals surface area contributed by atoms with Crippen molar-refractivity contribution in [2.24, 2.45) is 0 Å². The number of nitrogens with zero attached hydrogens (tertiary/aromatic N) is 3. The first-order valence-corrected chi connectivity index (χ1v) is 10.8. The molecule has 0 radical (unpaired) electrons. The van der Waals surface area contributed by atoms with Crippen LogP contribution in [0.5, 0.6) is 11.5 Å². The van der Waals surface area contributed by atoms with Crippen LogP contribution in [0, 0.1) is 0 Å². The van der Waals surface area contributed by atoms with Crippen LogP contribution in [0.1, 0.15) is 27.7 Å². The number of nitrogens with one attached hydrogen (secondary N) is 1. The average molecular weight is 445 g/mol. The lowest BCUT2D eigenvalue weighted by Crippen LogP contribution is -2.34. The van der Waals surface area contributed by atoms with Gasteiger partial charge in [-0.25, -0.2) is 4.98 Å². The fraction of sp³-hybridized carbons (Fsp3) is 0.231. The molecule has 0 bridgehead atoms. The van der Waals surface area contributed by atoms with Crippen LogP contribution in [-0.2, 0) is 6.61 Å². The Hall–Kier alpha value is -3.84. The molecule has 33 heavy (non-hydrogen) atoms. The summed E-state index contributed by atoms with van der Waals surface area (Å²) in [5.74, 6) is 1.26. The largest absolute Gasteiger partial charge is 0.497 e. The van der Waals surface area contributed by atoms with Crippen LogP contribution in [0.15, 0.2) is 79.1 Å². The minimum atomic E-state index is -0.150. The van der Waals surface area contributed by atoms with Gasteiger partial charge in [0, 0.05) is 24.5 Å². The Morgan fingerprint density at radius 3 is 2.67 bits per heavy atom. The van der Waals surface area contributed by atoms with Gasteiger partial charge in [-0.15, -0.1) is 0 Å². The van der Waals surface area contributed by atoms with Crippen LogP contribution >= 0.6 is 0 Å². The zero-order valence-electron chi connectivity index (χ0n) is 19.1. The second-order valence-corrected chi connectivity index (χ2v) is 7.98. The number of hydrogen-bond donors (Lipinski definition) is 1. The number of ether oxygens (including phenoxy) is 2. The Balaban J connectivity index is 1.39. The Morgan fingerprint density at radius 1 is 1.06 bits per heavy atom. The Bertz CT molecular complexity index is 1200. The van der Waals surface area contributed by atoms with Crippen LogP contribution in [0.25, 0.3) is 5.65 Å². The molecule has 2 aromatic heterocycles. The van der Waals surface area contributed by atoms with Crippen molar-refractivity contribution in [1.82, 2.24) is 19.6 Å². The Morgan fingerprint density at radius 2 is 1.88 bits per heavy atom. The third kappa shape index (κ3) is 5.51. The van der Waals surface area contributed by atoms with Crippen LogP contribution in [0.4, 0.5) is 0 Å². The minimum Gasteiger partial charge on any atom is -0.497 e. The number of benzene rings is 2. The number of rotatable bonds is 9. The van der Waals surface area contributed by atoms with Gasteiger partial charge in [-0.2, -0.15) is 0 Å². The molecule has 0 saturated carbocycles. The van der Waals surface area contributed by atoms with Crippen molar-refractivity contribution < 1.29 is 14.3 Å². The first kappa shape index (κ1) is 22.4. The summed E-state index contributed by atoms with van der Waals surface area (Å²) in [5.41, 5.74) is 3.31. The summed E-state index contributed by atoms with van der Waals surface area (Å²) in [7, 11) is 5.63. The third-order valence-corrected chi connectivity index (χ3v) is 5.45. The van der Waals surface area contributed by atoms with Crippen molar-refractivity contribution in [3.63, 3.8) is 0 Å². The summed E-state index contributed by atoms with van der Waals surface area (Å²) in [6.07, 6.45) is 3.88. The highest BCUT2D eigenvalue weighted by Gasteiger charge is 2.17. The maximum Gasteiger partial charge on any atom is 0.251 e. The van der Waals surface area contributed by atoms with Crippen LogP contribution < -0.4 is 14.8 Å². The van der Waals surface area contributed by atoms with E-state index in [0.29, 0.717) is 24.5 Å². The molecule has 2 aromatic carbocycles. The normalized spacial score (nSPS) is 12.0. The molecule has 0 saturated heterocycles. The van der Waals surface area contributed by atoms with Gasteiger partial charge >= 0.3 is 0 Å². The van der Waals surface area contributed by atoms with Crippen molar-refractivity contribution in [1.29, 1.82) is 0 Å². The number of likely N-dealkylation sites (N-methyl/N-ethyl adjacent to an activating group) is 1. The van der Waals surface area contributed by atoms with E-state index >= 15 is 0 Å². The maximum absolute atomic E-state index is 12.8. The predicted molar refractivity (Wildman–Crippen MR) is 128 cm³/mol. The number of hydrogen-bond acceptors (Lipinski definition) is 5. The summed E-state index contributed by atoms with van der Waals surface area (Å²) < 4.78 is 13.2. The predicted octanol–water partition coefficient (Wildman–Crippen LogP) is 3.95. The van der Waals surface area contributed by atoms with Gasteiger partial charge in [0.2, 0.25) is 0 Å². The van der Waals surface area contributed by atoms with E-state index in [0.717, 1.165) is 22.7 Å². The molecule has 4 aromatic rings. The lowest BCUT2D eigenvalue weighted by atomic mass is 10.1. The fourth-order valence-electron chi connectivity index (χ4n) is 3.68. The highest BCUT2D eigenvalue weighted by Crippen LogP contribution is 2.22. The van der Waals surface area contributed by atoms with Gasteiger partial charge in [-0.1, -0.05) is 24.3 Å². The van der Waals surface area contributed by atoms with E-state index in [1.807, 2.05) is 85.5 Å². The molecule has 0 aliphatic heterocycles. The molecule has 0 aliphatic rings. The number of imidazole rings is 1. The number of amides is 1. The lowest BCUT2D eigenvalue weighted by molar-refractivity contribution is 0.0941. The number of pyridine rings is 1. The topological polar surface area (TPSA) is 68.1 Å². The van der Waals surface area contributed by atoms with Crippen LogP contribution in [-0.4, -0.2) is 47.9 Å². The summed E-state index contributed by atoms with van der Waals surface area (Å²) >= 11 is 0. The summed E-state index contributed by atoms with van der Waals surface area (Å²) in [6, 6.07) is 20.9. The molecule has 0 spiro atoms. The zero-order valence-corrected chi connectivity index (χ0v) is 19.1. The minimum absolute atomic E-state index is 0.0125. The second kappa shape index (κ2) is 10.2. The highest BCUT2D eigenvalue weighted by atomic mass is 16.5. The molecule has 1 amide bonds. The molecular formula is C26H28N4O3. The number of methoxy groups -OCH3 is 1. The van der Waals surface area contributed by atoms with E-state index < -0.39 is 0 Å². The SMILES string of the molecule is COc1cccc(C(CNC(=O)c2cccc(OCc3cn4ccccc4n3)c2)N(C)C)c1. The van der Waals surface area contributed by atoms with Gasteiger partial charge in [0.1, 0.15) is 23.8 Å². The lowest BCUT2D eigenvalue weighted by Gasteiger charge is -2.25. The molecule has 7 heteroatoms. The zero-order chi connectivity index (χ0) is 23.2. The second-order valence-electron chi connectivity index (χ2n) is 7.98. The van der Waals surface area contributed by atoms with Gasteiger partial charge in [-0.05, 0) is 62.1 Å². The average Bonchev–Trinajstić information content (AvgIpc) is 3.26. The van der Waals surface area contributed by atoms with Gasteiger partial charge in [-0.3, -0.25) is 4.79 Å². The van der Waals surface area contributed by atoms with Gasteiger partial charge in [0.15, 0.2) is 0 Å². The monoisotopic (exact) mass is 444 g/mol. The van der Waals surface area contributed by atoms with Crippen molar-refractivity contribution in [3.8, 4) is 11.5 Å². The number of aromatic nitrogens is 2. The quantitative estimate of drug-likeness (QED) is 0.423. The molecule has 7 nitrogen and oxygen atoms in total. The standard InChI is InChI=1S/C26H28N4O3/c1-29(2)24(19-8-6-10-22(14-19)32-3)16-27-26(31)20-9-7-11-23(15-20)33-18-21-17-30-13-5-4-12-25(30)28-21/h4-15,17,24H,16,18H2,1-3H3,(H,27,31). The molecule has 170 valence electrons. The molecule has 2 heterocycles. The number of carbonyl (C=O) groups excluding carboxylic acids is 1. The molecule has 0 aliphatic carbocycles. The third-order valence-electron chi connectivity index (χ3n) is 5.45. The van der Waals surface area contributed by atoms with Gasteiger partial charge in [0.25, 0.3) is 5.91 Å². The van der Waals surface area contributed by atoms with E-state index in [-0.39, 0.29) is 11.9 Å². The van der Waals surface area contributed by atoms with E-state index in [4.69, 9.17) is 9.47 Å². The molecular weight excluding hydrogens is 416 g/mol. The summed E-state index contributed by atoms with van der Waals surface area (Å²) in [6.45, 7) is 0.788. The van der Waals surface area contributed by atoms with Crippen LogP contribution in [0.2, 0.25) is 0 Å². The van der Waals surface area contributed by atoms with E-state index in [1.165, 1.54) is 0 Å². The molecule has 0 fully saturated rings. The van der Waals surface area contributed by atoms with E-state index in [1.54, 1.807) is 19.2 Å². The van der Waals surface area contributed by atoms with E-state index in [2.05, 4.69) is 15.2 Å². The molecule has 4 rings (SSSR count). The van der Waals surface area contributed by atoms with E-state index in [9.17, 15) is 4.79 Å². The Kier molecular flexibility index (Phi) is 6.90. The Labute approximate surface area is 193 Å². The number of fused-ring (bicyclic) bond motifs is 1. The van der Waals surface area contributed by atoms with Crippen molar-refractivity contribution >= 4 is 11.6 Å². The summed E-state index contributed by atoms with van der Waals surface area (Å²) in [4.78, 5) is 19.5. The first-order chi connectivity index (χ1) is 16.0. The van der Waals surface area contributed by atoms with Crippen molar-refractivity contribution in [3.05, 3.63) is 95.9 Å². The van der Waals surface area contributed by atoms with Crippen LogP contribution in [0.3, 0.4) is 0 Å². The summed E-state index contributed by atoms with van der Waals surface area (Å²) in [5, 5.41) is 3.04. The molecule has 1 atom stereocenters.